The average Bonchev–Trinajstić information content (AvgIpc) is 3.31. The number of morpholine rings is 1. The largest absolute Gasteiger partial charge is 0.490 e. The van der Waals surface area contributed by atoms with Gasteiger partial charge in [0, 0.05) is 42.9 Å². The summed E-state index contributed by atoms with van der Waals surface area (Å²) in [6.45, 7) is 3.35. The minimum atomic E-state index is -5.08. The summed E-state index contributed by atoms with van der Waals surface area (Å²) in [4.78, 5) is 26.8. The molecule has 1 amide bonds. The fourth-order valence-electron chi connectivity index (χ4n) is 2.95. The van der Waals surface area contributed by atoms with Gasteiger partial charge in [-0.15, -0.1) is 0 Å². The van der Waals surface area contributed by atoms with Gasteiger partial charge in [0.2, 0.25) is 0 Å². The molecule has 1 saturated heterocycles. The Balaban J connectivity index is 0.000000406. The number of nitrogens with two attached hydrogens (primary N) is 1. The van der Waals surface area contributed by atoms with Crippen molar-refractivity contribution in [1.82, 2.24) is 14.8 Å². The molecule has 34 heavy (non-hydrogen) atoms. The van der Waals surface area contributed by atoms with Crippen LogP contribution in [0.3, 0.4) is 0 Å². The number of primary amides is 1. The molecule has 10 nitrogen and oxygen atoms in total. The summed E-state index contributed by atoms with van der Waals surface area (Å²) in [5, 5.41) is 14.6. The number of aromatic nitrogens is 3. The number of nitrogens with zero attached hydrogens (tertiary/aromatic N) is 4. The van der Waals surface area contributed by atoms with Crippen LogP contribution in [0.2, 0.25) is 0 Å². The van der Waals surface area contributed by atoms with Crippen LogP contribution in [0.25, 0.3) is 5.69 Å². The molecule has 0 atom stereocenters. The van der Waals surface area contributed by atoms with Crippen LogP contribution < -0.4 is 16.0 Å². The lowest BCUT2D eigenvalue weighted by atomic mass is 10.2. The van der Waals surface area contributed by atoms with Gasteiger partial charge in [0.15, 0.2) is 0 Å². The third kappa shape index (κ3) is 6.68. The Morgan fingerprint density at radius 2 is 1.74 bits per heavy atom. The van der Waals surface area contributed by atoms with E-state index in [1.54, 1.807) is 17.1 Å². The van der Waals surface area contributed by atoms with E-state index in [2.05, 4.69) is 32.4 Å². The van der Waals surface area contributed by atoms with Gasteiger partial charge in [-0.05, 0) is 30.3 Å². The Labute approximate surface area is 191 Å². The predicted molar refractivity (Wildman–Crippen MR) is 116 cm³/mol. The van der Waals surface area contributed by atoms with Gasteiger partial charge in [0.25, 0.3) is 5.91 Å². The Hall–Kier alpha value is -4.13. The molecule has 3 heterocycles. The molecule has 4 N–H and O–H groups in total. The van der Waals surface area contributed by atoms with Crippen molar-refractivity contribution in [3.8, 4) is 5.69 Å². The molecule has 13 heteroatoms. The van der Waals surface area contributed by atoms with E-state index >= 15 is 0 Å². The van der Waals surface area contributed by atoms with Crippen LogP contribution in [0.15, 0.2) is 55.0 Å². The van der Waals surface area contributed by atoms with Gasteiger partial charge in [0.05, 0.1) is 30.7 Å². The summed E-state index contributed by atoms with van der Waals surface area (Å²) in [6, 6.07) is 11.9. The number of nitrogens with one attached hydrogen (secondary N) is 1. The number of carboxylic acid groups (broad SMARTS) is 1. The van der Waals surface area contributed by atoms with Crippen LogP contribution >= 0.6 is 0 Å². The Morgan fingerprint density at radius 1 is 1.09 bits per heavy atom. The van der Waals surface area contributed by atoms with E-state index in [1.165, 1.54) is 11.9 Å². The van der Waals surface area contributed by atoms with Crippen molar-refractivity contribution < 1.29 is 32.6 Å². The standard InChI is InChI=1S/C19H20N6O2.C2HF3O2/c20-19(26)14-12-22-25(13-14)17-5-6-21-18(11-17)23-15-1-3-16(4-2-15)24-7-9-27-10-8-24;3-2(4,5)1(6)7/h1-6,11-13H,7-10H2,(H2,20,26)(H,21,23);(H,6,7). The average molecular weight is 478 g/mol. The molecule has 2 aromatic heterocycles. The van der Waals surface area contributed by atoms with Crippen LogP contribution in [-0.2, 0) is 9.53 Å². The first kappa shape index (κ1) is 24.5. The molecular formula is C21H21F3N6O4. The van der Waals surface area contributed by atoms with Gasteiger partial charge in [-0.3, -0.25) is 4.79 Å². The maximum atomic E-state index is 11.2. The van der Waals surface area contributed by atoms with E-state index in [1.807, 2.05) is 24.3 Å². The summed E-state index contributed by atoms with van der Waals surface area (Å²) in [5.74, 6) is -2.58. The molecule has 0 unspecified atom stereocenters. The minimum Gasteiger partial charge on any atom is -0.475 e. The van der Waals surface area contributed by atoms with Crippen molar-refractivity contribution in [2.45, 2.75) is 6.18 Å². The number of rotatable bonds is 5. The first-order valence-electron chi connectivity index (χ1n) is 9.94. The summed E-state index contributed by atoms with van der Waals surface area (Å²) < 4.78 is 38.7. The summed E-state index contributed by atoms with van der Waals surface area (Å²) in [5.41, 5.74) is 8.54. The van der Waals surface area contributed by atoms with Gasteiger partial charge >= 0.3 is 12.1 Å². The SMILES string of the molecule is NC(=O)c1cnn(-c2ccnc(Nc3ccc(N4CCOCC4)cc3)c2)c1.O=C(O)C(F)(F)F. The molecular weight excluding hydrogens is 457 g/mol. The van der Waals surface area contributed by atoms with E-state index in [0.29, 0.717) is 11.4 Å². The third-order valence-electron chi connectivity index (χ3n) is 4.63. The molecule has 1 aliphatic rings. The number of carbonyl (C=O) groups excluding carboxylic acids is 1. The second-order valence-corrected chi connectivity index (χ2v) is 7.01. The number of hydrogen-bond donors (Lipinski definition) is 3. The van der Waals surface area contributed by atoms with Crippen molar-refractivity contribution in [3.63, 3.8) is 0 Å². The molecule has 0 aliphatic carbocycles. The smallest absolute Gasteiger partial charge is 0.475 e. The molecule has 1 aliphatic heterocycles. The minimum absolute atomic E-state index is 0.361. The summed E-state index contributed by atoms with van der Waals surface area (Å²) >= 11 is 0. The summed E-state index contributed by atoms with van der Waals surface area (Å²) in [6.07, 6.45) is -0.357. The molecule has 0 bridgehead atoms. The van der Waals surface area contributed by atoms with Crippen LogP contribution in [0.1, 0.15) is 10.4 Å². The van der Waals surface area contributed by atoms with Crippen LogP contribution in [-0.4, -0.2) is 64.2 Å². The number of carbonyl (C=O) groups is 2. The van der Waals surface area contributed by atoms with Crippen molar-refractivity contribution in [2.75, 3.05) is 36.5 Å². The second-order valence-electron chi connectivity index (χ2n) is 7.01. The topological polar surface area (TPSA) is 136 Å². The summed E-state index contributed by atoms with van der Waals surface area (Å²) in [7, 11) is 0. The fraction of sp³-hybridized carbons (Fsp3) is 0.238. The number of ether oxygens (including phenoxy) is 1. The Kier molecular flexibility index (Phi) is 7.68. The maximum Gasteiger partial charge on any atom is 0.490 e. The number of hydrogen-bond acceptors (Lipinski definition) is 7. The first-order chi connectivity index (χ1) is 16.1. The Morgan fingerprint density at radius 3 is 2.29 bits per heavy atom. The van der Waals surface area contributed by atoms with Gasteiger partial charge in [-0.2, -0.15) is 18.3 Å². The number of alkyl halides is 3. The molecule has 0 spiro atoms. The predicted octanol–water partition coefficient (Wildman–Crippen LogP) is 2.58. The zero-order chi connectivity index (χ0) is 24.7. The number of pyridine rings is 1. The zero-order valence-electron chi connectivity index (χ0n) is 17.7. The number of amides is 1. The van der Waals surface area contributed by atoms with Gasteiger partial charge in [-0.25, -0.2) is 14.5 Å². The Bertz CT molecular complexity index is 1130. The molecule has 3 aromatic rings. The molecule has 1 aromatic carbocycles. The van der Waals surface area contributed by atoms with Crippen LogP contribution in [0, 0.1) is 0 Å². The monoisotopic (exact) mass is 478 g/mol. The van der Waals surface area contributed by atoms with E-state index in [9.17, 15) is 18.0 Å². The normalized spacial score (nSPS) is 13.6. The highest BCUT2D eigenvalue weighted by Gasteiger charge is 2.38. The zero-order valence-corrected chi connectivity index (χ0v) is 17.7. The lowest BCUT2D eigenvalue weighted by Gasteiger charge is -2.28. The van der Waals surface area contributed by atoms with E-state index in [-0.39, 0.29) is 0 Å². The third-order valence-corrected chi connectivity index (χ3v) is 4.63. The molecule has 0 saturated carbocycles. The number of carboxylic acids is 1. The molecule has 4 rings (SSSR count). The quantitative estimate of drug-likeness (QED) is 0.509. The number of anilines is 3. The highest BCUT2D eigenvalue weighted by Crippen LogP contribution is 2.22. The van der Waals surface area contributed by atoms with Crippen LogP contribution in [0.4, 0.5) is 30.4 Å². The maximum absolute atomic E-state index is 11.2. The fourth-order valence-corrected chi connectivity index (χ4v) is 2.95. The van der Waals surface area contributed by atoms with Crippen molar-refractivity contribution >= 4 is 29.1 Å². The van der Waals surface area contributed by atoms with E-state index in [0.717, 1.165) is 37.7 Å². The van der Waals surface area contributed by atoms with E-state index < -0.39 is 18.1 Å². The van der Waals surface area contributed by atoms with Gasteiger partial charge in [0.1, 0.15) is 5.82 Å². The van der Waals surface area contributed by atoms with Gasteiger partial charge < -0.3 is 25.8 Å². The van der Waals surface area contributed by atoms with Crippen molar-refractivity contribution in [1.29, 1.82) is 0 Å². The van der Waals surface area contributed by atoms with Crippen molar-refractivity contribution in [2.24, 2.45) is 5.73 Å². The molecule has 1 fully saturated rings. The highest BCUT2D eigenvalue weighted by atomic mass is 19.4. The van der Waals surface area contributed by atoms with Crippen LogP contribution in [0.5, 0.6) is 0 Å². The molecule has 180 valence electrons. The highest BCUT2D eigenvalue weighted by molar-refractivity contribution is 5.92. The van der Waals surface area contributed by atoms with E-state index in [4.69, 9.17) is 20.4 Å². The number of aliphatic carboxylic acids is 1. The number of benzene rings is 1. The second kappa shape index (κ2) is 10.7. The van der Waals surface area contributed by atoms with Crippen molar-refractivity contribution in [3.05, 3.63) is 60.6 Å². The molecule has 0 radical (unpaired) electrons. The van der Waals surface area contributed by atoms with Gasteiger partial charge in [-0.1, -0.05) is 0 Å². The lowest BCUT2D eigenvalue weighted by Crippen LogP contribution is -2.36. The first-order valence-corrected chi connectivity index (χ1v) is 9.94. The number of halogens is 3. The lowest BCUT2D eigenvalue weighted by molar-refractivity contribution is -0.192.